The summed E-state index contributed by atoms with van der Waals surface area (Å²) in [5.41, 5.74) is 3.04. The molecule has 0 unspecified atom stereocenters. The first-order chi connectivity index (χ1) is 14.1. The largest absolute Gasteiger partial charge is 0.394 e. The van der Waals surface area contributed by atoms with Crippen LogP contribution in [0, 0.1) is 0 Å². The molecule has 29 heavy (non-hydrogen) atoms. The average molecular weight is 391 g/mol. The van der Waals surface area contributed by atoms with E-state index in [1.165, 1.54) is 0 Å². The number of aromatic nitrogens is 1. The Morgan fingerprint density at radius 3 is 2.72 bits per heavy atom. The number of fused-ring (bicyclic) bond motifs is 1. The van der Waals surface area contributed by atoms with Crippen molar-refractivity contribution in [2.75, 3.05) is 19.7 Å². The number of benzene rings is 1. The molecule has 3 heterocycles. The van der Waals surface area contributed by atoms with E-state index in [1.54, 1.807) is 28.3 Å². The predicted molar refractivity (Wildman–Crippen MR) is 110 cm³/mol. The van der Waals surface area contributed by atoms with E-state index < -0.39 is 0 Å². The Morgan fingerprint density at radius 1 is 1.28 bits per heavy atom. The zero-order chi connectivity index (χ0) is 20.4. The number of aliphatic hydroxyl groups excluding tert-OH is 1. The maximum absolute atomic E-state index is 12.8. The minimum Gasteiger partial charge on any atom is -0.394 e. The molecule has 0 aliphatic carbocycles. The number of aliphatic hydroxyl groups is 1. The molecule has 4 rings (SSSR count). The van der Waals surface area contributed by atoms with E-state index in [-0.39, 0.29) is 49.4 Å². The van der Waals surface area contributed by atoms with E-state index in [0.29, 0.717) is 6.54 Å². The number of pyridine rings is 1. The van der Waals surface area contributed by atoms with E-state index in [9.17, 15) is 14.7 Å². The second kappa shape index (κ2) is 8.17. The van der Waals surface area contributed by atoms with Gasteiger partial charge in [0.1, 0.15) is 0 Å². The second-order valence-electron chi connectivity index (χ2n) is 7.62. The second-order valence-corrected chi connectivity index (χ2v) is 7.62. The quantitative estimate of drug-likeness (QED) is 0.844. The van der Waals surface area contributed by atoms with Crippen LogP contribution in [0.25, 0.3) is 6.08 Å². The van der Waals surface area contributed by atoms with Crippen molar-refractivity contribution in [3.63, 3.8) is 0 Å². The van der Waals surface area contributed by atoms with Gasteiger partial charge < -0.3 is 14.9 Å². The molecule has 0 bridgehead atoms. The fraction of sp³-hybridized carbons (Fsp3) is 0.348. The molecule has 0 radical (unpaired) electrons. The Morgan fingerprint density at radius 2 is 2.07 bits per heavy atom. The summed E-state index contributed by atoms with van der Waals surface area (Å²) in [7, 11) is 0. The van der Waals surface area contributed by atoms with Gasteiger partial charge in [0.25, 0.3) is 0 Å². The number of rotatable bonds is 5. The van der Waals surface area contributed by atoms with Crippen LogP contribution >= 0.6 is 0 Å². The first kappa shape index (κ1) is 19.3. The van der Waals surface area contributed by atoms with Crippen LogP contribution in [-0.4, -0.2) is 63.5 Å². The van der Waals surface area contributed by atoms with Gasteiger partial charge in [-0.2, -0.15) is 0 Å². The molecule has 2 saturated heterocycles. The number of allylic oxidation sites excluding steroid dienone is 1. The summed E-state index contributed by atoms with van der Waals surface area (Å²) < 4.78 is 0. The van der Waals surface area contributed by atoms with Gasteiger partial charge in [0.15, 0.2) is 0 Å². The number of carbonyl (C=O) groups is 2. The predicted octanol–water partition coefficient (Wildman–Crippen LogP) is 1.85. The molecule has 0 spiro atoms. The summed E-state index contributed by atoms with van der Waals surface area (Å²) in [4.78, 5) is 32.9. The van der Waals surface area contributed by atoms with Crippen molar-refractivity contribution in [1.82, 2.24) is 14.8 Å². The van der Waals surface area contributed by atoms with Crippen LogP contribution in [-0.2, 0) is 16.0 Å². The zero-order valence-corrected chi connectivity index (χ0v) is 16.4. The molecule has 2 fully saturated rings. The first-order valence-electron chi connectivity index (χ1n) is 9.93. The molecule has 2 amide bonds. The van der Waals surface area contributed by atoms with Gasteiger partial charge in [-0.1, -0.05) is 42.5 Å². The zero-order valence-electron chi connectivity index (χ0n) is 16.4. The summed E-state index contributed by atoms with van der Waals surface area (Å²) in [6, 6.07) is 11.5. The molecule has 150 valence electrons. The summed E-state index contributed by atoms with van der Waals surface area (Å²) in [5, 5.41) is 9.89. The maximum atomic E-state index is 12.8. The minimum atomic E-state index is -0.226. The number of piperazine rings is 1. The number of hydrogen-bond donors (Lipinski definition) is 1. The van der Waals surface area contributed by atoms with Gasteiger partial charge in [-0.25, -0.2) is 0 Å². The average Bonchev–Trinajstić information content (AvgIpc) is 2.71. The molecule has 2 aliphatic rings. The number of carbonyl (C=O) groups excluding carboxylic acids is 2. The SMILES string of the molecule is C/C=C/c1ccc([C@@H]2[C@@H](CO)N3C(=O)CN(C(=O)Cc4cccnc4)C[C@@H]23)cc1. The molecular weight excluding hydrogens is 366 g/mol. The standard InChI is InChI=1S/C23H25N3O3/c1-2-4-16-6-8-18(9-7-16)23-19-13-25(14-22(29)26(19)20(23)15-27)21(28)11-17-5-3-10-24-12-17/h2-10,12,19-20,23,27H,11,13-15H2,1H3/b4-2+/t19-,20+,23-/m0/s1. The molecule has 6 nitrogen and oxygen atoms in total. The van der Waals surface area contributed by atoms with Gasteiger partial charge in [-0.05, 0) is 29.7 Å². The van der Waals surface area contributed by atoms with Crippen molar-refractivity contribution in [2.45, 2.75) is 31.3 Å². The molecule has 2 aliphatic heterocycles. The van der Waals surface area contributed by atoms with Gasteiger partial charge >= 0.3 is 0 Å². The highest BCUT2D eigenvalue weighted by Gasteiger charge is 2.54. The van der Waals surface area contributed by atoms with Crippen molar-refractivity contribution in [3.8, 4) is 0 Å². The molecule has 2 aromatic rings. The van der Waals surface area contributed by atoms with E-state index >= 15 is 0 Å². The smallest absolute Gasteiger partial charge is 0.242 e. The molecule has 1 N–H and O–H groups in total. The van der Waals surface area contributed by atoms with Gasteiger partial charge in [-0.3, -0.25) is 14.6 Å². The fourth-order valence-electron chi connectivity index (χ4n) is 4.50. The van der Waals surface area contributed by atoms with Crippen molar-refractivity contribution in [1.29, 1.82) is 0 Å². The van der Waals surface area contributed by atoms with Crippen molar-refractivity contribution >= 4 is 17.9 Å². The summed E-state index contributed by atoms with van der Waals surface area (Å²) in [6.07, 6.45) is 7.60. The number of amides is 2. The van der Waals surface area contributed by atoms with E-state index in [4.69, 9.17) is 0 Å². The Hall–Kier alpha value is -2.99. The lowest BCUT2D eigenvalue weighted by Crippen LogP contribution is -2.73. The third kappa shape index (κ3) is 3.68. The Labute approximate surface area is 170 Å². The van der Waals surface area contributed by atoms with Crippen molar-refractivity contribution in [2.24, 2.45) is 0 Å². The lowest BCUT2D eigenvalue weighted by atomic mass is 9.73. The molecule has 1 aromatic carbocycles. The van der Waals surface area contributed by atoms with Gasteiger partial charge in [0, 0.05) is 24.9 Å². The third-order valence-corrected chi connectivity index (χ3v) is 5.86. The Kier molecular flexibility index (Phi) is 5.45. The Balaban J connectivity index is 1.52. The molecule has 3 atom stereocenters. The van der Waals surface area contributed by atoms with E-state index in [1.807, 2.05) is 37.3 Å². The van der Waals surface area contributed by atoms with Crippen molar-refractivity contribution in [3.05, 3.63) is 71.6 Å². The number of nitrogens with zero attached hydrogens (tertiary/aromatic N) is 3. The van der Waals surface area contributed by atoms with Crippen LogP contribution in [0.5, 0.6) is 0 Å². The van der Waals surface area contributed by atoms with Crippen molar-refractivity contribution < 1.29 is 14.7 Å². The van der Waals surface area contributed by atoms with Crippen LogP contribution in [0.1, 0.15) is 29.5 Å². The van der Waals surface area contributed by atoms with E-state index in [0.717, 1.165) is 16.7 Å². The highest BCUT2D eigenvalue weighted by Crippen LogP contribution is 2.43. The summed E-state index contributed by atoms with van der Waals surface area (Å²) in [6.45, 7) is 2.46. The Bertz CT molecular complexity index is 911. The molecular formula is C23H25N3O3. The lowest BCUT2D eigenvalue weighted by Gasteiger charge is -2.58. The van der Waals surface area contributed by atoms with Crippen LogP contribution in [0.3, 0.4) is 0 Å². The summed E-state index contributed by atoms with van der Waals surface area (Å²) >= 11 is 0. The van der Waals surface area contributed by atoms with Crippen LogP contribution in [0.2, 0.25) is 0 Å². The van der Waals surface area contributed by atoms with E-state index in [2.05, 4.69) is 17.1 Å². The highest BCUT2D eigenvalue weighted by atomic mass is 16.3. The van der Waals surface area contributed by atoms with Gasteiger partial charge in [-0.15, -0.1) is 0 Å². The van der Waals surface area contributed by atoms with Crippen LogP contribution in [0.15, 0.2) is 54.9 Å². The molecule has 0 saturated carbocycles. The van der Waals surface area contributed by atoms with Crippen LogP contribution in [0.4, 0.5) is 0 Å². The molecule has 1 aromatic heterocycles. The topological polar surface area (TPSA) is 73.7 Å². The first-order valence-corrected chi connectivity index (χ1v) is 9.93. The normalized spacial score (nSPS) is 23.8. The lowest BCUT2D eigenvalue weighted by molar-refractivity contribution is -0.166. The summed E-state index contributed by atoms with van der Waals surface area (Å²) in [5.74, 6) is -0.139. The minimum absolute atomic E-state index is 0.0256. The highest BCUT2D eigenvalue weighted by molar-refractivity contribution is 5.88. The van der Waals surface area contributed by atoms with Gasteiger partial charge in [0.05, 0.1) is 31.7 Å². The third-order valence-electron chi connectivity index (χ3n) is 5.86. The van der Waals surface area contributed by atoms with Gasteiger partial charge in [0.2, 0.25) is 11.8 Å². The monoisotopic (exact) mass is 391 g/mol. The molecule has 6 heteroatoms. The fourth-order valence-corrected chi connectivity index (χ4v) is 4.50. The maximum Gasteiger partial charge on any atom is 0.242 e. The van der Waals surface area contributed by atoms with Crippen LogP contribution < -0.4 is 0 Å². The number of hydrogen-bond acceptors (Lipinski definition) is 4.